The summed E-state index contributed by atoms with van der Waals surface area (Å²) in [6, 6.07) is 9.70. The molecular formula is C27H42. The second kappa shape index (κ2) is 9.15. The quantitative estimate of drug-likeness (QED) is 0.493. The Hall–Kier alpha value is -0.780. The molecule has 0 heteroatoms. The normalized spacial score (nSPS) is 37.0. The maximum absolute atomic E-state index is 2.45. The highest BCUT2D eigenvalue weighted by atomic mass is 14.4. The largest absolute Gasteiger partial charge is 0.0651 e. The van der Waals surface area contributed by atoms with E-state index in [-0.39, 0.29) is 0 Å². The highest BCUT2D eigenvalue weighted by Crippen LogP contribution is 2.50. The van der Waals surface area contributed by atoms with E-state index in [1.807, 2.05) is 0 Å². The minimum atomic E-state index is 0.846. The van der Waals surface area contributed by atoms with Gasteiger partial charge in [-0.1, -0.05) is 63.8 Å². The first-order valence-corrected chi connectivity index (χ1v) is 12.4. The van der Waals surface area contributed by atoms with Crippen molar-refractivity contribution in [3.63, 3.8) is 0 Å². The van der Waals surface area contributed by atoms with E-state index in [1.165, 1.54) is 63.4 Å². The maximum Gasteiger partial charge on any atom is -0.0159 e. The summed E-state index contributed by atoms with van der Waals surface area (Å²) < 4.78 is 0. The van der Waals surface area contributed by atoms with Gasteiger partial charge >= 0.3 is 0 Å². The highest BCUT2D eigenvalue weighted by Gasteiger charge is 2.38. The fraction of sp³-hybridized carbons (Fsp3) is 0.778. The first kappa shape index (κ1) is 19.5. The number of fused-ring (bicyclic) bond motifs is 1. The minimum absolute atomic E-state index is 0.846. The van der Waals surface area contributed by atoms with Crippen LogP contribution in [0.4, 0.5) is 0 Å². The topological polar surface area (TPSA) is 0 Å². The van der Waals surface area contributed by atoms with Crippen LogP contribution in [0.1, 0.15) is 108 Å². The summed E-state index contributed by atoms with van der Waals surface area (Å²) in [7, 11) is 0. The molecule has 3 aliphatic rings. The van der Waals surface area contributed by atoms with Gasteiger partial charge in [0, 0.05) is 0 Å². The van der Waals surface area contributed by atoms with Gasteiger partial charge in [0.2, 0.25) is 0 Å². The summed E-state index contributed by atoms with van der Waals surface area (Å²) in [6.07, 6.45) is 19.2. The van der Waals surface area contributed by atoms with Gasteiger partial charge in [-0.25, -0.2) is 0 Å². The molecule has 1 aromatic carbocycles. The average Bonchev–Trinajstić information content (AvgIpc) is 2.74. The van der Waals surface area contributed by atoms with Crippen LogP contribution in [0.2, 0.25) is 0 Å². The third-order valence-corrected chi connectivity index (χ3v) is 8.78. The van der Waals surface area contributed by atoms with E-state index >= 15 is 0 Å². The van der Waals surface area contributed by atoms with Gasteiger partial charge in [-0.05, 0) is 104 Å². The van der Waals surface area contributed by atoms with Crippen LogP contribution in [-0.4, -0.2) is 0 Å². The van der Waals surface area contributed by atoms with Crippen LogP contribution >= 0.6 is 0 Å². The summed E-state index contributed by atoms with van der Waals surface area (Å²) in [5, 5.41) is 0. The summed E-state index contributed by atoms with van der Waals surface area (Å²) in [5.41, 5.74) is 3.15. The summed E-state index contributed by atoms with van der Waals surface area (Å²) in [4.78, 5) is 0. The molecule has 3 fully saturated rings. The molecule has 0 N–H and O–H groups in total. The SMILES string of the molecule is CCCc1ccc(C2CCC3CC(C4CCC(CC)CC4)CCC3C2)cc1. The minimum Gasteiger partial charge on any atom is -0.0651 e. The van der Waals surface area contributed by atoms with E-state index in [0.29, 0.717) is 0 Å². The molecule has 3 aliphatic carbocycles. The molecule has 0 heterocycles. The molecule has 150 valence electrons. The number of hydrogen-bond donors (Lipinski definition) is 0. The third kappa shape index (κ3) is 4.63. The molecule has 0 saturated heterocycles. The summed E-state index contributed by atoms with van der Waals surface area (Å²) in [5.74, 6) is 6.15. The lowest BCUT2D eigenvalue weighted by atomic mass is 9.60. The molecule has 3 saturated carbocycles. The van der Waals surface area contributed by atoms with Gasteiger partial charge < -0.3 is 0 Å². The van der Waals surface area contributed by atoms with Crippen LogP contribution in [-0.2, 0) is 6.42 Å². The monoisotopic (exact) mass is 366 g/mol. The zero-order valence-electron chi connectivity index (χ0n) is 18.0. The van der Waals surface area contributed by atoms with Crippen molar-refractivity contribution in [2.75, 3.05) is 0 Å². The van der Waals surface area contributed by atoms with Crippen LogP contribution in [0.25, 0.3) is 0 Å². The Morgan fingerprint density at radius 3 is 1.93 bits per heavy atom. The van der Waals surface area contributed by atoms with Crippen molar-refractivity contribution in [1.82, 2.24) is 0 Å². The van der Waals surface area contributed by atoms with Gasteiger partial charge in [-0.2, -0.15) is 0 Å². The zero-order chi connectivity index (χ0) is 18.6. The molecular weight excluding hydrogens is 324 g/mol. The van der Waals surface area contributed by atoms with Crippen molar-refractivity contribution < 1.29 is 0 Å². The lowest BCUT2D eigenvalue weighted by Gasteiger charge is -2.45. The summed E-state index contributed by atoms with van der Waals surface area (Å²) in [6.45, 7) is 4.67. The van der Waals surface area contributed by atoms with E-state index in [2.05, 4.69) is 38.1 Å². The van der Waals surface area contributed by atoms with Crippen molar-refractivity contribution in [2.24, 2.45) is 29.6 Å². The van der Waals surface area contributed by atoms with Crippen LogP contribution in [0.3, 0.4) is 0 Å². The Kier molecular flexibility index (Phi) is 6.62. The number of rotatable bonds is 5. The summed E-state index contributed by atoms with van der Waals surface area (Å²) >= 11 is 0. The standard InChI is InChI=1S/C27H42/c1-3-5-21-8-12-23(13-9-21)25-15-17-26-18-24(14-16-27(26)19-25)22-10-6-20(4-2)7-11-22/h8-9,12-13,20,22,24-27H,3-7,10-11,14-19H2,1-2H3. The molecule has 4 unspecified atom stereocenters. The Bertz CT molecular complexity index is 562. The van der Waals surface area contributed by atoms with Gasteiger partial charge in [-0.15, -0.1) is 0 Å². The molecule has 4 rings (SSSR count). The molecule has 27 heavy (non-hydrogen) atoms. The third-order valence-electron chi connectivity index (χ3n) is 8.78. The second-order valence-corrected chi connectivity index (χ2v) is 10.3. The van der Waals surface area contributed by atoms with Gasteiger partial charge in [0.1, 0.15) is 0 Å². The number of aryl methyl sites for hydroxylation is 1. The Morgan fingerprint density at radius 2 is 1.26 bits per heavy atom. The number of hydrogen-bond acceptors (Lipinski definition) is 0. The molecule has 0 aromatic heterocycles. The fourth-order valence-electron chi connectivity index (χ4n) is 6.97. The van der Waals surface area contributed by atoms with Crippen LogP contribution < -0.4 is 0 Å². The van der Waals surface area contributed by atoms with Crippen molar-refractivity contribution in [3.05, 3.63) is 35.4 Å². The molecule has 0 aliphatic heterocycles. The first-order chi connectivity index (χ1) is 13.3. The smallest absolute Gasteiger partial charge is 0.0159 e. The van der Waals surface area contributed by atoms with Crippen LogP contribution in [0.5, 0.6) is 0 Å². The fourth-order valence-corrected chi connectivity index (χ4v) is 6.97. The van der Waals surface area contributed by atoms with Crippen LogP contribution in [0.15, 0.2) is 24.3 Å². The van der Waals surface area contributed by atoms with E-state index in [1.54, 1.807) is 31.2 Å². The zero-order valence-corrected chi connectivity index (χ0v) is 18.0. The van der Waals surface area contributed by atoms with Crippen molar-refractivity contribution in [2.45, 2.75) is 103 Å². The lowest BCUT2D eigenvalue weighted by molar-refractivity contribution is 0.0716. The maximum atomic E-state index is 2.45. The Balaban J connectivity index is 1.30. The molecule has 4 atom stereocenters. The van der Waals surface area contributed by atoms with Crippen LogP contribution in [0, 0.1) is 29.6 Å². The predicted octanol–water partition coefficient (Wildman–Crippen LogP) is 8.16. The van der Waals surface area contributed by atoms with E-state index < -0.39 is 0 Å². The molecule has 0 radical (unpaired) electrons. The Morgan fingerprint density at radius 1 is 0.667 bits per heavy atom. The van der Waals surface area contributed by atoms with Gasteiger partial charge in [-0.3, -0.25) is 0 Å². The van der Waals surface area contributed by atoms with Crippen molar-refractivity contribution >= 4 is 0 Å². The lowest BCUT2D eigenvalue weighted by Crippen LogP contribution is -2.34. The predicted molar refractivity (Wildman–Crippen MR) is 117 cm³/mol. The highest BCUT2D eigenvalue weighted by molar-refractivity contribution is 5.26. The van der Waals surface area contributed by atoms with Gasteiger partial charge in [0.05, 0.1) is 0 Å². The van der Waals surface area contributed by atoms with Gasteiger partial charge in [0.25, 0.3) is 0 Å². The van der Waals surface area contributed by atoms with E-state index in [0.717, 1.165) is 35.5 Å². The second-order valence-electron chi connectivity index (χ2n) is 10.3. The van der Waals surface area contributed by atoms with E-state index in [9.17, 15) is 0 Å². The Labute approximate surface area is 168 Å². The average molecular weight is 367 g/mol. The molecule has 0 bridgehead atoms. The van der Waals surface area contributed by atoms with Crippen molar-refractivity contribution in [1.29, 1.82) is 0 Å². The molecule has 1 aromatic rings. The number of benzene rings is 1. The molecule has 0 amide bonds. The molecule has 0 spiro atoms. The molecule has 0 nitrogen and oxygen atoms in total. The first-order valence-electron chi connectivity index (χ1n) is 12.4. The van der Waals surface area contributed by atoms with E-state index in [4.69, 9.17) is 0 Å². The van der Waals surface area contributed by atoms with Crippen molar-refractivity contribution in [3.8, 4) is 0 Å². The van der Waals surface area contributed by atoms with Gasteiger partial charge in [0.15, 0.2) is 0 Å².